The van der Waals surface area contributed by atoms with Gasteiger partial charge in [-0.2, -0.15) is 0 Å². The van der Waals surface area contributed by atoms with E-state index in [-0.39, 0.29) is 12.6 Å². The molecule has 0 radical (unpaired) electrons. The number of aliphatic hydroxyl groups excluding tert-OH is 3. The second-order valence-corrected chi connectivity index (χ2v) is 6.45. The number of aliphatic hydroxyl groups is 3. The molecule has 0 unspecified atom stereocenters. The van der Waals surface area contributed by atoms with E-state index in [0.717, 1.165) is 38.5 Å². The van der Waals surface area contributed by atoms with Crippen LogP contribution in [-0.2, 0) is 9.53 Å². The van der Waals surface area contributed by atoms with Gasteiger partial charge in [-0.15, -0.1) is 0 Å². The number of rotatable bonds is 12. The van der Waals surface area contributed by atoms with Gasteiger partial charge in [0.2, 0.25) is 0 Å². The molecule has 0 aromatic carbocycles. The number of carbonyl (C=O) groups excluding carboxylic acids is 1. The Balaban J connectivity index is 1.96. The molecule has 24 heavy (non-hydrogen) atoms. The summed E-state index contributed by atoms with van der Waals surface area (Å²) < 4.78 is 4.97. The van der Waals surface area contributed by atoms with E-state index in [1.807, 2.05) is 6.08 Å². The topological polar surface area (TPSA) is 87.0 Å². The van der Waals surface area contributed by atoms with Crippen LogP contribution in [0.4, 0.5) is 0 Å². The number of carbonyl (C=O) groups is 1. The molecule has 0 aromatic heterocycles. The van der Waals surface area contributed by atoms with E-state index < -0.39 is 18.3 Å². The summed E-state index contributed by atoms with van der Waals surface area (Å²) in [4.78, 5) is 11.5. The Morgan fingerprint density at radius 3 is 2.33 bits per heavy atom. The van der Waals surface area contributed by atoms with Crippen LogP contribution in [0.5, 0.6) is 0 Å². The van der Waals surface area contributed by atoms with Crippen LogP contribution in [0.1, 0.15) is 64.7 Å². The van der Waals surface area contributed by atoms with Crippen LogP contribution in [0.25, 0.3) is 0 Å². The summed E-state index contributed by atoms with van der Waals surface area (Å²) in [6.07, 6.45) is 12.7. The molecule has 0 amide bonds. The zero-order chi connectivity index (χ0) is 17.8. The van der Waals surface area contributed by atoms with Crippen molar-refractivity contribution in [3.63, 3.8) is 0 Å². The maximum Gasteiger partial charge on any atom is 0.336 e. The number of esters is 1. The quantitative estimate of drug-likeness (QED) is 0.220. The molecule has 5 nitrogen and oxygen atoms in total. The van der Waals surface area contributed by atoms with Crippen molar-refractivity contribution in [2.75, 3.05) is 6.61 Å². The molecule has 1 rings (SSSR count). The minimum atomic E-state index is -0.778. The van der Waals surface area contributed by atoms with E-state index in [1.54, 1.807) is 19.1 Å². The van der Waals surface area contributed by atoms with Gasteiger partial charge in [0.05, 0.1) is 18.3 Å². The van der Waals surface area contributed by atoms with Gasteiger partial charge in [0.15, 0.2) is 0 Å². The summed E-state index contributed by atoms with van der Waals surface area (Å²) in [6, 6.07) is 0. The Hall–Kier alpha value is -1.17. The lowest BCUT2D eigenvalue weighted by molar-refractivity contribution is -0.138. The first-order valence-electron chi connectivity index (χ1n) is 9.11. The minimum Gasteiger partial charge on any atom is -0.456 e. The third-order valence-corrected chi connectivity index (χ3v) is 4.32. The summed E-state index contributed by atoms with van der Waals surface area (Å²) in [7, 11) is 0. The van der Waals surface area contributed by atoms with E-state index in [4.69, 9.17) is 9.84 Å². The highest BCUT2D eigenvalue weighted by atomic mass is 16.6. The fourth-order valence-corrected chi connectivity index (χ4v) is 2.83. The van der Waals surface area contributed by atoms with Crippen LogP contribution in [0.2, 0.25) is 0 Å². The van der Waals surface area contributed by atoms with Gasteiger partial charge in [0, 0.05) is 0 Å². The van der Waals surface area contributed by atoms with E-state index >= 15 is 0 Å². The van der Waals surface area contributed by atoms with Crippen molar-refractivity contribution in [2.24, 2.45) is 0 Å². The van der Waals surface area contributed by atoms with Crippen LogP contribution in [0.3, 0.4) is 0 Å². The number of allylic oxidation sites excluding steroid dienone is 1. The Bertz CT molecular complexity index is 416. The normalized spacial score (nSPS) is 24.0. The van der Waals surface area contributed by atoms with Crippen molar-refractivity contribution in [3.8, 4) is 0 Å². The van der Waals surface area contributed by atoms with Crippen LogP contribution < -0.4 is 0 Å². The molecule has 138 valence electrons. The van der Waals surface area contributed by atoms with Crippen molar-refractivity contribution in [2.45, 2.75) is 83.0 Å². The van der Waals surface area contributed by atoms with Crippen LogP contribution in [0, 0.1) is 0 Å². The Labute approximate surface area is 145 Å². The molecular formula is C19H32O5. The lowest BCUT2D eigenvalue weighted by Gasteiger charge is -2.05. The second kappa shape index (κ2) is 12.2. The summed E-state index contributed by atoms with van der Waals surface area (Å²) in [5, 5.41) is 28.0. The van der Waals surface area contributed by atoms with Gasteiger partial charge in [-0.3, -0.25) is 0 Å². The Kier molecular flexibility index (Phi) is 10.6. The van der Waals surface area contributed by atoms with Gasteiger partial charge < -0.3 is 20.1 Å². The summed E-state index contributed by atoms with van der Waals surface area (Å²) in [5.74, 6) is -0.383. The average molecular weight is 340 g/mol. The zero-order valence-electron chi connectivity index (χ0n) is 14.7. The highest BCUT2D eigenvalue weighted by molar-refractivity contribution is 5.92. The summed E-state index contributed by atoms with van der Waals surface area (Å²) in [5.41, 5.74) is 0.413. The maximum atomic E-state index is 11.5. The molecule has 0 bridgehead atoms. The van der Waals surface area contributed by atoms with E-state index in [9.17, 15) is 15.0 Å². The third-order valence-electron chi connectivity index (χ3n) is 4.32. The van der Waals surface area contributed by atoms with E-state index in [2.05, 4.69) is 0 Å². The molecule has 1 heterocycles. The number of hydrogen-bond donors (Lipinski definition) is 3. The average Bonchev–Trinajstić information content (AvgIpc) is 2.80. The molecule has 1 aliphatic rings. The van der Waals surface area contributed by atoms with Gasteiger partial charge in [0.25, 0.3) is 0 Å². The standard InChI is InChI=1S/C19H32O5/c1-15-18(22)17(19(23)24-15)13-9-7-5-3-2-4-6-8-11-16(21)12-10-14-20/h10,12-13,15-16,18,20-22H,2-9,11,14H2,1H3/b12-10+,17-13-/t15-,16-,18-/m1/s1. The van der Waals surface area contributed by atoms with Gasteiger partial charge >= 0.3 is 5.97 Å². The molecule has 5 heteroatoms. The summed E-state index contributed by atoms with van der Waals surface area (Å²) in [6.45, 7) is 1.68. The highest BCUT2D eigenvalue weighted by Gasteiger charge is 2.34. The minimum absolute atomic E-state index is 0.0209. The predicted molar refractivity (Wildman–Crippen MR) is 93.4 cm³/mol. The van der Waals surface area contributed by atoms with Crippen molar-refractivity contribution in [3.05, 3.63) is 23.8 Å². The first-order chi connectivity index (χ1) is 11.6. The van der Waals surface area contributed by atoms with E-state index in [0.29, 0.717) is 5.57 Å². The van der Waals surface area contributed by atoms with Crippen LogP contribution in [0.15, 0.2) is 23.8 Å². The molecule has 0 aliphatic carbocycles. The van der Waals surface area contributed by atoms with Gasteiger partial charge in [0.1, 0.15) is 12.2 Å². The van der Waals surface area contributed by atoms with Crippen molar-refractivity contribution >= 4 is 5.97 Å². The number of hydrogen-bond acceptors (Lipinski definition) is 5. The molecular weight excluding hydrogens is 308 g/mol. The van der Waals surface area contributed by atoms with Crippen LogP contribution >= 0.6 is 0 Å². The fourth-order valence-electron chi connectivity index (χ4n) is 2.83. The fraction of sp³-hybridized carbons (Fsp3) is 0.737. The largest absolute Gasteiger partial charge is 0.456 e. The van der Waals surface area contributed by atoms with E-state index in [1.165, 1.54) is 19.3 Å². The number of ether oxygens (including phenoxy) is 1. The first kappa shape index (κ1) is 20.9. The molecule has 3 atom stereocenters. The number of cyclic esters (lactones) is 1. The summed E-state index contributed by atoms with van der Waals surface area (Å²) >= 11 is 0. The zero-order valence-corrected chi connectivity index (χ0v) is 14.7. The lowest BCUT2D eigenvalue weighted by Crippen LogP contribution is -2.17. The molecule has 1 fully saturated rings. The van der Waals surface area contributed by atoms with Crippen LogP contribution in [-0.4, -0.2) is 46.2 Å². The predicted octanol–water partition coefficient (Wildman–Crippen LogP) is 2.64. The van der Waals surface area contributed by atoms with Gasteiger partial charge in [-0.05, 0) is 26.2 Å². The molecule has 0 aromatic rings. The second-order valence-electron chi connectivity index (χ2n) is 6.45. The molecule has 3 N–H and O–H groups in total. The smallest absolute Gasteiger partial charge is 0.336 e. The Morgan fingerprint density at radius 1 is 1.12 bits per heavy atom. The van der Waals surface area contributed by atoms with Gasteiger partial charge in [-0.1, -0.05) is 56.8 Å². The molecule has 0 saturated carbocycles. The first-order valence-corrected chi connectivity index (χ1v) is 9.11. The van der Waals surface area contributed by atoms with Crippen molar-refractivity contribution < 1.29 is 24.9 Å². The monoisotopic (exact) mass is 340 g/mol. The number of unbranched alkanes of at least 4 members (excludes halogenated alkanes) is 7. The van der Waals surface area contributed by atoms with Crippen molar-refractivity contribution in [1.82, 2.24) is 0 Å². The maximum absolute atomic E-state index is 11.5. The third kappa shape index (κ3) is 8.08. The lowest BCUT2D eigenvalue weighted by atomic mass is 10.0. The highest BCUT2D eigenvalue weighted by Crippen LogP contribution is 2.22. The Morgan fingerprint density at radius 2 is 1.75 bits per heavy atom. The molecule has 0 spiro atoms. The molecule has 1 aliphatic heterocycles. The van der Waals surface area contributed by atoms with Gasteiger partial charge in [-0.25, -0.2) is 4.79 Å². The van der Waals surface area contributed by atoms with Crippen molar-refractivity contribution in [1.29, 1.82) is 0 Å². The molecule has 1 saturated heterocycles. The SMILES string of the molecule is C[C@H]1OC(=O)/C(=C\CCCCCCCCC[C@@H](O)/C=C/CO)[C@@H]1O.